The zero-order valence-corrected chi connectivity index (χ0v) is 22.5. The van der Waals surface area contributed by atoms with Crippen molar-refractivity contribution < 1.29 is 39.5 Å². The summed E-state index contributed by atoms with van der Waals surface area (Å²) < 4.78 is 0. The van der Waals surface area contributed by atoms with E-state index < -0.39 is 5.97 Å². The molecule has 0 heterocycles. The molecule has 1 atom stereocenters. The first-order valence-electron chi connectivity index (χ1n) is 12.6. The smallest absolute Gasteiger partial charge is 0.548 e. The Morgan fingerprint density at radius 2 is 0.966 bits per heavy atom. The van der Waals surface area contributed by atoms with Gasteiger partial charge >= 0.3 is 29.6 Å². The van der Waals surface area contributed by atoms with Crippen LogP contribution < -0.4 is 34.7 Å². The number of carboxylic acid groups (broad SMARTS) is 1. The van der Waals surface area contributed by atoms with Gasteiger partial charge in [0.2, 0.25) is 0 Å². The minimum absolute atomic E-state index is 0. The molecule has 0 saturated heterocycles. The minimum atomic E-state index is -0.854. The van der Waals surface area contributed by atoms with Gasteiger partial charge in [-0.15, -0.1) is 0 Å². The fraction of sp³-hybridized carbons (Fsp3) is 0.960. The Labute approximate surface area is 205 Å². The first-order chi connectivity index (χ1) is 13.7. The summed E-state index contributed by atoms with van der Waals surface area (Å²) in [5.74, 6) is -0.854. The van der Waals surface area contributed by atoms with Gasteiger partial charge in [0.25, 0.3) is 0 Å². The van der Waals surface area contributed by atoms with Crippen LogP contribution in [-0.4, -0.2) is 30.0 Å². The molecule has 0 aromatic heterocycles. The number of rotatable bonds is 22. The molecule has 0 aliphatic heterocycles. The third-order valence-electron chi connectivity index (χ3n) is 5.89. The molecule has 0 amide bonds. The van der Waals surface area contributed by atoms with Gasteiger partial charge in [-0.25, -0.2) is 0 Å². The summed E-state index contributed by atoms with van der Waals surface area (Å²) in [5.41, 5.74) is 0. The second-order valence-corrected chi connectivity index (χ2v) is 8.61. The molecule has 1 unspecified atom stereocenters. The number of carbonyl (C=O) groups is 1. The molecule has 4 heteroatoms. The zero-order chi connectivity index (χ0) is 20.9. The van der Waals surface area contributed by atoms with E-state index in [1.165, 1.54) is 83.5 Å². The van der Waals surface area contributed by atoms with Crippen molar-refractivity contribution in [1.29, 1.82) is 0 Å². The van der Waals surface area contributed by atoms with Crippen LogP contribution in [0, 0.1) is 0 Å². The molecule has 0 aliphatic rings. The second-order valence-electron chi connectivity index (χ2n) is 8.61. The van der Waals surface area contributed by atoms with E-state index in [1.807, 2.05) is 0 Å². The van der Waals surface area contributed by atoms with E-state index in [4.69, 9.17) is 0 Å². The maximum atomic E-state index is 11.9. The summed E-state index contributed by atoms with van der Waals surface area (Å²) in [6, 6.07) is -0.382. The number of hydrogen-bond donors (Lipinski definition) is 0. The average Bonchev–Trinajstić information content (AvgIpc) is 2.68. The van der Waals surface area contributed by atoms with Crippen molar-refractivity contribution in [2.45, 2.75) is 142 Å². The Hall–Kier alpha value is 0.430. The Balaban J connectivity index is 0. The van der Waals surface area contributed by atoms with Gasteiger partial charge in [-0.05, 0) is 32.4 Å². The summed E-state index contributed by atoms with van der Waals surface area (Å²) in [7, 11) is 0. The third-order valence-corrected chi connectivity index (χ3v) is 5.89. The van der Waals surface area contributed by atoms with E-state index in [9.17, 15) is 9.90 Å². The number of hydrogen-bond acceptors (Lipinski definition) is 3. The molecule has 0 radical (unpaired) electrons. The molecule has 3 nitrogen and oxygen atoms in total. The van der Waals surface area contributed by atoms with Crippen LogP contribution in [0.25, 0.3) is 0 Å². The minimum Gasteiger partial charge on any atom is -0.548 e. The van der Waals surface area contributed by atoms with Crippen molar-refractivity contribution in [3.63, 3.8) is 0 Å². The molecule has 0 aromatic carbocycles. The van der Waals surface area contributed by atoms with Crippen LogP contribution in [-0.2, 0) is 4.79 Å². The molecule has 0 rings (SSSR count). The van der Waals surface area contributed by atoms with Gasteiger partial charge in [0.05, 0.1) is 5.97 Å². The maximum Gasteiger partial charge on any atom is 1.00 e. The van der Waals surface area contributed by atoms with Crippen LogP contribution in [0.2, 0.25) is 0 Å². The van der Waals surface area contributed by atoms with Gasteiger partial charge in [0.15, 0.2) is 0 Å². The summed E-state index contributed by atoms with van der Waals surface area (Å²) in [5, 5.41) is 11.9. The molecule has 0 bridgehead atoms. The van der Waals surface area contributed by atoms with Crippen LogP contribution in [0.5, 0.6) is 0 Å². The molecule has 0 aromatic rings. The van der Waals surface area contributed by atoms with E-state index in [2.05, 4.69) is 25.7 Å². The average molecular weight is 420 g/mol. The molecule has 168 valence electrons. The van der Waals surface area contributed by atoms with E-state index >= 15 is 0 Å². The fourth-order valence-corrected chi connectivity index (χ4v) is 4.00. The Kier molecular flexibility index (Phi) is 26.9. The standard InChI is InChI=1S/C25H51NO2.Na/c1-4-7-10-13-16-19-22-26(23-20-17-14-11-8-5-2)24(25(27)28)21-18-15-12-9-6-3;/h24H,4-23H2,1-3H3,(H,27,28);/q;+1/p-1. The topological polar surface area (TPSA) is 43.4 Å². The first kappa shape index (κ1) is 31.6. The summed E-state index contributed by atoms with van der Waals surface area (Å²) in [4.78, 5) is 14.1. The SMILES string of the molecule is CCCCCCCCN(CCCCCCCC)C(CCCCCCC)C(=O)[O-].[Na+]. The number of aliphatic carboxylic acids is 1. The summed E-state index contributed by atoms with van der Waals surface area (Å²) in [6.07, 6.45) is 21.7. The summed E-state index contributed by atoms with van der Waals surface area (Å²) in [6.45, 7) is 8.55. The predicted molar refractivity (Wildman–Crippen MR) is 120 cm³/mol. The van der Waals surface area contributed by atoms with E-state index in [0.29, 0.717) is 0 Å². The quantitative estimate of drug-likeness (QED) is 0.199. The van der Waals surface area contributed by atoms with E-state index in [0.717, 1.165) is 45.2 Å². The number of unbranched alkanes of at least 4 members (excludes halogenated alkanes) is 14. The van der Waals surface area contributed by atoms with Gasteiger partial charge in [0.1, 0.15) is 0 Å². The van der Waals surface area contributed by atoms with Gasteiger partial charge < -0.3 is 9.90 Å². The maximum absolute atomic E-state index is 11.9. The molecule has 0 N–H and O–H groups in total. The van der Waals surface area contributed by atoms with Crippen LogP contribution in [0.4, 0.5) is 0 Å². The van der Waals surface area contributed by atoms with Gasteiger partial charge in [-0.2, -0.15) is 0 Å². The van der Waals surface area contributed by atoms with Gasteiger partial charge in [-0.1, -0.05) is 117 Å². The molecule has 0 aliphatic carbocycles. The number of carboxylic acids is 1. The van der Waals surface area contributed by atoms with Crippen molar-refractivity contribution in [2.75, 3.05) is 13.1 Å². The Morgan fingerprint density at radius 1 is 0.621 bits per heavy atom. The summed E-state index contributed by atoms with van der Waals surface area (Å²) >= 11 is 0. The molecular formula is C25H50NNaO2. The van der Waals surface area contributed by atoms with Crippen molar-refractivity contribution >= 4 is 5.97 Å². The van der Waals surface area contributed by atoms with Crippen molar-refractivity contribution in [3.05, 3.63) is 0 Å². The monoisotopic (exact) mass is 419 g/mol. The van der Waals surface area contributed by atoms with Crippen LogP contribution in [0.1, 0.15) is 136 Å². The van der Waals surface area contributed by atoms with Gasteiger partial charge in [0, 0.05) is 6.04 Å². The molecule has 0 spiro atoms. The van der Waals surface area contributed by atoms with Gasteiger partial charge in [-0.3, -0.25) is 4.90 Å². The normalized spacial score (nSPS) is 12.1. The molecule has 0 fully saturated rings. The molecular weight excluding hydrogens is 369 g/mol. The van der Waals surface area contributed by atoms with Crippen LogP contribution in [0.3, 0.4) is 0 Å². The second kappa shape index (κ2) is 24.7. The number of carbonyl (C=O) groups excluding carboxylic acids is 1. The first-order valence-corrected chi connectivity index (χ1v) is 12.6. The largest absolute Gasteiger partial charge is 1.00 e. The van der Waals surface area contributed by atoms with Crippen molar-refractivity contribution in [1.82, 2.24) is 4.90 Å². The molecule has 0 saturated carbocycles. The predicted octanol–water partition coefficient (Wildman–Crippen LogP) is 3.49. The van der Waals surface area contributed by atoms with E-state index in [-0.39, 0.29) is 35.6 Å². The zero-order valence-electron chi connectivity index (χ0n) is 20.5. The van der Waals surface area contributed by atoms with Crippen LogP contribution in [0.15, 0.2) is 0 Å². The molecule has 29 heavy (non-hydrogen) atoms. The fourth-order valence-electron chi connectivity index (χ4n) is 4.00. The number of nitrogens with zero attached hydrogens (tertiary/aromatic N) is 1. The Morgan fingerprint density at radius 3 is 1.34 bits per heavy atom. The van der Waals surface area contributed by atoms with Crippen molar-refractivity contribution in [3.8, 4) is 0 Å². The van der Waals surface area contributed by atoms with Crippen molar-refractivity contribution in [2.24, 2.45) is 0 Å². The van der Waals surface area contributed by atoms with E-state index in [1.54, 1.807) is 0 Å². The Bertz CT molecular complexity index is 323. The van der Waals surface area contributed by atoms with Crippen LogP contribution >= 0.6 is 0 Å². The third kappa shape index (κ3) is 20.1.